The molecule has 2 aliphatic heterocycles. The van der Waals surface area contributed by atoms with Gasteiger partial charge in [-0.25, -0.2) is 8.42 Å². The van der Waals surface area contributed by atoms with Gasteiger partial charge in [0.1, 0.15) is 5.82 Å². The molecule has 1 fully saturated rings. The van der Waals surface area contributed by atoms with Crippen LogP contribution < -0.4 is 0 Å². The highest BCUT2D eigenvalue weighted by Crippen LogP contribution is 2.25. The Balaban J connectivity index is 1.47. The highest BCUT2D eigenvalue weighted by atomic mass is 32.2. The molecule has 156 valence electrons. The fourth-order valence-electron chi connectivity index (χ4n) is 4.00. The summed E-state index contributed by atoms with van der Waals surface area (Å²) >= 11 is 1.41. The quantitative estimate of drug-likeness (QED) is 0.649. The summed E-state index contributed by atoms with van der Waals surface area (Å²) in [5, 5.41) is 9.36. The molecule has 0 spiro atoms. The first kappa shape index (κ1) is 20.4. The summed E-state index contributed by atoms with van der Waals surface area (Å²) in [4.78, 5) is 14.9. The molecule has 4 rings (SSSR count). The molecular weight excluding hydrogens is 408 g/mol. The maximum absolute atomic E-state index is 13.1. The van der Waals surface area contributed by atoms with Crippen molar-refractivity contribution in [3.63, 3.8) is 0 Å². The molecule has 0 radical (unpaired) electrons. The predicted molar refractivity (Wildman–Crippen MR) is 112 cm³/mol. The van der Waals surface area contributed by atoms with E-state index in [1.807, 2.05) is 30.3 Å². The van der Waals surface area contributed by atoms with E-state index in [9.17, 15) is 13.2 Å². The summed E-state index contributed by atoms with van der Waals surface area (Å²) in [5.74, 6) is 1.39. The second-order valence-corrected chi connectivity index (χ2v) is 10.9. The molecule has 9 heteroatoms. The monoisotopic (exact) mass is 434 g/mol. The third kappa shape index (κ3) is 5.01. The van der Waals surface area contributed by atoms with Gasteiger partial charge in [-0.15, -0.1) is 10.2 Å². The van der Waals surface area contributed by atoms with Crippen LogP contribution in [0.15, 0.2) is 35.5 Å². The van der Waals surface area contributed by atoms with E-state index in [2.05, 4.69) is 14.8 Å². The summed E-state index contributed by atoms with van der Waals surface area (Å²) in [6.45, 7) is 1.33. The van der Waals surface area contributed by atoms with E-state index in [4.69, 9.17) is 0 Å². The zero-order valence-electron chi connectivity index (χ0n) is 16.4. The number of amides is 1. The number of carbonyl (C=O) groups is 1. The lowest BCUT2D eigenvalue weighted by atomic mass is 10.1. The molecule has 1 saturated heterocycles. The summed E-state index contributed by atoms with van der Waals surface area (Å²) in [5.41, 5.74) is 1.01. The molecule has 1 aromatic heterocycles. The van der Waals surface area contributed by atoms with Crippen LogP contribution in [0, 0.1) is 0 Å². The van der Waals surface area contributed by atoms with Crippen molar-refractivity contribution in [2.75, 3.05) is 17.3 Å². The summed E-state index contributed by atoms with van der Waals surface area (Å²) in [7, 11) is -3.07. The standard InChI is InChI=1S/C20H26N4O3S2/c25-19(14-28-20-22-21-18-9-5-2-6-11-23(18)20)24(13-16-7-3-1-4-8-16)17-10-12-29(26,27)15-17/h1,3-4,7-8,17H,2,5-6,9-15H2. The first-order valence-corrected chi connectivity index (χ1v) is 12.9. The Bertz CT molecular complexity index is 959. The van der Waals surface area contributed by atoms with Crippen molar-refractivity contribution in [1.29, 1.82) is 0 Å². The number of aromatic nitrogens is 3. The fraction of sp³-hybridized carbons (Fsp3) is 0.550. The van der Waals surface area contributed by atoms with E-state index in [0.29, 0.717) is 13.0 Å². The summed E-state index contributed by atoms with van der Waals surface area (Å²) in [6, 6.07) is 9.48. The Hall–Kier alpha value is -1.87. The molecule has 2 aliphatic rings. The smallest absolute Gasteiger partial charge is 0.233 e. The van der Waals surface area contributed by atoms with E-state index in [0.717, 1.165) is 42.4 Å². The Morgan fingerprint density at radius 1 is 1.17 bits per heavy atom. The number of sulfone groups is 1. The minimum Gasteiger partial charge on any atom is -0.334 e. The van der Waals surface area contributed by atoms with Crippen LogP contribution in [-0.4, -0.2) is 57.3 Å². The van der Waals surface area contributed by atoms with Gasteiger partial charge in [0.15, 0.2) is 15.0 Å². The molecule has 3 heterocycles. The predicted octanol–water partition coefficient (Wildman–Crippen LogP) is 2.31. The van der Waals surface area contributed by atoms with Crippen LogP contribution in [0.4, 0.5) is 0 Å². The van der Waals surface area contributed by atoms with Gasteiger partial charge in [0.25, 0.3) is 0 Å². The molecule has 0 aliphatic carbocycles. The number of rotatable bonds is 6. The Morgan fingerprint density at radius 3 is 2.76 bits per heavy atom. The molecule has 29 heavy (non-hydrogen) atoms. The number of carbonyl (C=O) groups excluding carboxylic acids is 1. The number of benzene rings is 1. The molecular formula is C20H26N4O3S2. The molecule has 2 aromatic rings. The third-order valence-electron chi connectivity index (χ3n) is 5.57. The van der Waals surface area contributed by atoms with Gasteiger partial charge in [-0.1, -0.05) is 48.5 Å². The molecule has 1 atom stereocenters. The van der Waals surface area contributed by atoms with E-state index in [1.165, 1.54) is 18.2 Å². The van der Waals surface area contributed by atoms with Crippen molar-refractivity contribution in [2.45, 2.75) is 56.4 Å². The maximum Gasteiger partial charge on any atom is 0.233 e. The van der Waals surface area contributed by atoms with Crippen LogP contribution in [0.2, 0.25) is 0 Å². The van der Waals surface area contributed by atoms with Crippen LogP contribution in [0.1, 0.15) is 37.1 Å². The Labute approximate surface area is 175 Å². The van der Waals surface area contributed by atoms with Crippen molar-refractivity contribution < 1.29 is 13.2 Å². The number of thioether (sulfide) groups is 1. The first-order chi connectivity index (χ1) is 14.0. The summed E-state index contributed by atoms with van der Waals surface area (Å²) < 4.78 is 26.1. The largest absolute Gasteiger partial charge is 0.334 e. The van der Waals surface area contributed by atoms with Crippen LogP contribution in [0.3, 0.4) is 0 Å². The maximum atomic E-state index is 13.1. The highest BCUT2D eigenvalue weighted by Gasteiger charge is 2.34. The van der Waals surface area contributed by atoms with Crippen LogP contribution in [0.5, 0.6) is 0 Å². The van der Waals surface area contributed by atoms with Gasteiger partial charge in [-0.3, -0.25) is 4.79 Å². The van der Waals surface area contributed by atoms with Crippen LogP contribution in [0.25, 0.3) is 0 Å². The molecule has 7 nitrogen and oxygen atoms in total. The fourth-order valence-corrected chi connectivity index (χ4v) is 6.60. The third-order valence-corrected chi connectivity index (χ3v) is 8.27. The zero-order chi connectivity index (χ0) is 20.3. The van der Waals surface area contributed by atoms with Crippen molar-refractivity contribution in [2.24, 2.45) is 0 Å². The number of aryl methyl sites for hydroxylation is 1. The van der Waals surface area contributed by atoms with E-state index in [-0.39, 0.29) is 29.2 Å². The van der Waals surface area contributed by atoms with E-state index >= 15 is 0 Å². The molecule has 0 N–H and O–H groups in total. The molecule has 1 aromatic carbocycles. The number of nitrogens with zero attached hydrogens (tertiary/aromatic N) is 4. The average Bonchev–Trinajstić information content (AvgIpc) is 3.18. The Kier molecular flexibility index (Phi) is 6.24. The van der Waals surface area contributed by atoms with Crippen molar-refractivity contribution in [3.05, 3.63) is 41.7 Å². The lowest BCUT2D eigenvalue weighted by molar-refractivity contribution is -0.130. The van der Waals surface area contributed by atoms with Crippen molar-refractivity contribution in [3.8, 4) is 0 Å². The lowest BCUT2D eigenvalue weighted by Gasteiger charge is -2.28. The van der Waals surface area contributed by atoms with Gasteiger partial charge < -0.3 is 9.47 Å². The van der Waals surface area contributed by atoms with Crippen LogP contribution in [-0.2, 0) is 34.1 Å². The van der Waals surface area contributed by atoms with Crippen molar-refractivity contribution in [1.82, 2.24) is 19.7 Å². The van der Waals surface area contributed by atoms with Crippen LogP contribution >= 0.6 is 11.8 Å². The van der Waals surface area contributed by atoms with Gasteiger partial charge in [-0.2, -0.15) is 0 Å². The first-order valence-electron chi connectivity index (χ1n) is 10.1. The van der Waals surface area contributed by atoms with Gasteiger partial charge >= 0.3 is 0 Å². The van der Waals surface area contributed by atoms with Gasteiger partial charge in [-0.05, 0) is 24.8 Å². The topological polar surface area (TPSA) is 85.2 Å². The molecule has 1 amide bonds. The SMILES string of the molecule is O=C(CSc1nnc2n1CCCCC2)N(Cc1ccccc1)C1CCS(=O)(=O)C1. The molecule has 1 unspecified atom stereocenters. The highest BCUT2D eigenvalue weighted by molar-refractivity contribution is 7.99. The van der Waals surface area contributed by atoms with E-state index < -0.39 is 9.84 Å². The second kappa shape index (κ2) is 8.87. The lowest BCUT2D eigenvalue weighted by Crippen LogP contribution is -2.41. The zero-order valence-corrected chi connectivity index (χ0v) is 18.0. The molecule has 0 bridgehead atoms. The normalized spacial score (nSPS) is 20.8. The van der Waals surface area contributed by atoms with Gasteiger partial charge in [0.05, 0.1) is 17.3 Å². The number of hydrogen-bond acceptors (Lipinski definition) is 6. The Morgan fingerprint density at radius 2 is 2.00 bits per heavy atom. The minimum atomic E-state index is -3.07. The second-order valence-electron chi connectivity index (χ2n) is 7.71. The average molecular weight is 435 g/mol. The summed E-state index contributed by atoms with van der Waals surface area (Å²) in [6.07, 6.45) is 4.86. The number of fused-ring (bicyclic) bond motifs is 1. The van der Waals surface area contributed by atoms with Gasteiger partial charge in [0.2, 0.25) is 5.91 Å². The van der Waals surface area contributed by atoms with Crippen molar-refractivity contribution >= 4 is 27.5 Å². The van der Waals surface area contributed by atoms with E-state index in [1.54, 1.807) is 4.90 Å². The van der Waals surface area contributed by atoms with Gasteiger partial charge in [0, 0.05) is 25.6 Å². The minimum absolute atomic E-state index is 0.0491. The number of hydrogen-bond donors (Lipinski definition) is 0. The molecule has 0 saturated carbocycles.